The highest BCUT2D eigenvalue weighted by atomic mass is 16.3. The van der Waals surface area contributed by atoms with E-state index in [-0.39, 0.29) is 16.6 Å². The first-order valence-electron chi connectivity index (χ1n) is 23.6. The molecule has 0 spiro atoms. The summed E-state index contributed by atoms with van der Waals surface area (Å²) in [5.74, 6) is 0.910. The third-order valence-electron chi connectivity index (χ3n) is 13.3. The molecule has 1 N–H and O–H groups in total. The summed E-state index contributed by atoms with van der Waals surface area (Å²) in [5.41, 5.74) is 20.6. The number of benzene rings is 8. The number of aromatic hydroxyl groups is 1. The SMILES string of the molecule is Cc1cc(C)c(O)c(-c2nc3c(-c4cc(-c5ccccc5)cc(-c5cc(-c6ccc(-c7ccccc7)cc6)ccn5)c4)cccc3n2-c2cc(C(C)(C)C)ccc2-c2ccc(C(C)(C)C)cc2)c1. The van der Waals surface area contributed by atoms with Crippen molar-refractivity contribution in [2.45, 2.75) is 66.2 Å². The van der Waals surface area contributed by atoms with Gasteiger partial charge >= 0.3 is 0 Å². The Hall–Kier alpha value is -7.82. The molecule has 4 nitrogen and oxygen atoms in total. The van der Waals surface area contributed by atoms with Crippen LogP contribution >= 0.6 is 0 Å². The van der Waals surface area contributed by atoms with Gasteiger partial charge in [0.1, 0.15) is 11.6 Å². The summed E-state index contributed by atoms with van der Waals surface area (Å²) in [6, 6.07) is 67.3. The minimum absolute atomic E-state index is 0.0216. The lowest BCUT2D eigenvalue weighted by Gasteiger charge is -2.24. The average molecular weight is 884 g/mol. The van der Waals surface area contributed by atoms with Crippen LogP contribution in [0, 0.1) is 13.8 Å². The minimum Gasteiger partial charge on any atom is -0.507 e. The van der Waals surface area contributed by atoms with Crippen molar-refractivity contribution >= 4 is 11.0 Å². The zero-order valence-electron chi connectivity index (χ0n) is 40.3. The topological polar surface area (TPSA) is 50.9 Å². The molecule has 10 aromatic rings. The van der Waals surface area contributed by atoms with Crippen molar-refractivity contribution in [2.24, 2.45) is 0 Å². The molecule has 0 aliphatic carbocycles. The normalized spacial score (nSPS) is 11.9. The second kappa shape index (κ2) is 17.4. The molecule has 2 aromatic heterocycles. The molecule has 0 atom stereocenters. The van der Waals surface area contributed by atoms with E-state index in [4.69, 9.17) is 9.97 Å². The second-order valence-electron chi connectivity index (χ2n) is 20.3. The third-order valence-corrected chi connectivity index (χ3v) is 13.3. The van der Waals surface area contributed by atoms with Gasteiger partial charge in [-0.15, -0.1) is 0 Å². The number of phenolic OH excluding ortho intramolecular Hbond substituents is 1. The summed E-state index contributed by atoms with van der Waals surface area (Å²) < 4.78 is 2.28. The van der Waals surface area contributed by atoms with Gasteiger partial charge in [0.15, 0.2) is 0 Å². The van der Waals surface area contributed by atoms with Gasteiger partial charge in [0.2, 0.25) is 0 Å². The van der Waals surface area contributed by atoms with Crippen LogP contribution in [-0.2, 0) is 10.8 Å². The van der Waals surface area contributed by atoms with Crippen molar-refractivity contribution < 1.29 is 5.11 Å². The number of fused-ring (bicyclic) bond motifs is 1. The lowest BCUT2D eigenvalue weighted by Crippen LogP contribution is -2.13. The minimum atomic E-state index is -0.127. The van der Waals surface area contributed by atoms with Crippen LogP contribution in [0.25, 0.3) is 95.0 Å². The first kappa shape index (κ1) is 44.0. The maximum Gasteiger partial charge on any atom is 0.149 e. The van der Waals surface area contributed by atoms with E-state index in [1.165, 1.54) is 22.3 Å². The summed E-state index contributed by atoms with van der Waals surface area (Å²) in [5, 5.41) is 12.0. The Morgan fingerprint density at radius 1 is 0.426 bits per heavy atom. The van der Waals surface area contributed by atoms with Gasteiger partial charge in [0.05, 0.1) is 28.0 Å². The van der Waals surface area contributed by atoms with E-state index in [9.17, 15) is 5.11 Å². The first-order valence-corrected chi connectivity index (χ1v) is 23.6. The van der Waals surface area contributed by atoms with Crippen LogP contribution in [0.4, 0.5) is 0 Å². The fraction of sp³-hybridized carbons (Fsp3) is 0.156. The number of aryl methyl sites for hydroxylation is 2. The van der Waals surface area contributed by atoms with E-state index < -0.39 is 0 Å². The Morgan fingerprint density at radius 3 is 1.66 bits per heavy atom. The Kier molecular flexibility index (Phi) is 11.3. The van der Waals surface area contributed by atoms with Gasteiger partial charge in [-0.25, -0.2) is 4.98 Å². The molecule has 0 radical (unpaired) electrons. The highest BCUT2D eigenvalue weighted by molar-refractivity contribution is 5.98. The molecular weight excluding hydrogens is 827 g/mol. The van der Waals surface area contributed by atoms with Gasteiger partial charge in [-0.3, -0.25) is 9.55 Å². The molecule has 0 unspecified atom stereocenters. The van der Waals surface area contributed by atoms with Crippen LogP contribution < -0.4 is 0 Å². The highest BCUT2D eigenvalue weighted by Crippen LogP contribution is 2.44. The fourth-order valence-electron chi connectivity index (χ4n) is 9.45. The lowest BCUT2D eigenvalue weighted by molar-refractivity contribution is 0.472. The van der Waals surface area contributed by atoms with Gasteiger partial charge in [0, 0.05) is 22.9 Å². The molecule has 0 amide bonds. The number of para-hydroxylation sites is 1. The van der Waals surface area contributed by atoms with E-state index in [1.54, 1.807) is 0 Å². The summed E-state index contributed by atoms with van der Waals surface area (Å²) in [6.07, 6.45) is 1.91. The largest absolute Gasteiger partial charge is 0.507 e. The Balaban J connectivity index is 1.20. The van der Waals surface area contributed by atoms with Crippen molar-refractivity contribution in [1.82, 2.24) is 14.5 Å². The predicted octanol–water partition coefficient (Wildman–Crippen LogP) is 17.0. The van der Waals surface area contributed by atoms with Gasteiger partial charge in [-0.05, 0) is 140 Å². The molecular formula is C64H57N3O. The quantitative estimate of drug-likeness (QED) is 0.165. The van der Waals surface area contributed by atoms with Crippen LogP contribution in [0.5, 0.6) is 5.75 Å². The summed E-state index contributed by atoms with van der Waals surface area (Å²) in [6.45, 7) is 17.6. The molecule has 0 fully saturated rings. The predicted molar refractivity (Wildman–Crippen MR) is 285 cm³/mol. The molecule has 68 heavy (non-hydrogen) atoms. The van der Waals surface area contributed by atoms with Crippen molar-refractivity contribution in [3.63, 3.8) is 0 Å². The number of nitrogens with zero attached hydrogens (tertiary/aromatic N) is 3. The lowest BCUT2D eigenvalue weighted by atomic mass is 9.84. The van der Waals surface area contributed by atoms with E-state index in [0.29, 0.717) is 11.4 Å². The van der Waals surface area contributed by atoms with Crippen LogP contribution in [0.15, 0.2) is 194 Å². The molecule has 0 saturated heterocycles. The molecule has 4 heteroatoms. The number of pyridine rings is 1. The van der Waals surface area contributed by atoms with E-state index in [1.807, 2.05) is 25.3 Å². The zero-order valence-corrected chi connectivity index (χ0v) is 40.3. The van der Waals surface area contributed by atoms with Gasteiger partial charge in [-0.2, -0.15) is 0 Å². The first-order chi connectivity index (χ1) is 32.7. The Morgan fingerprint density at radius 2 is 1.00 bits per heavy atom. The average Bonchev–Trinajstić information content (AvgIpc) is 3.74. The number of rotatable bonds is 8. The number of aromatic nitrogens is 3. The zero-order chi connectivity index (χ0) is 47.3. The Bertz CT molecular complexity index is 3460. The smallest absolute Gasteiger partial charge is 0.149 e. The van der Waals surface area contributed by atoms with Crippen molar-refractivity contribution in [3.8, 4) is 89.7 Å². The molecule has 0 bridgehead atoms. The van der Waals surface area contributed by atoms with Crippen LogP contribution in [0.1, 0.15) is 63.8 Å². The van der Waals surface area contributed by atoms with E-state index >= 15 is 0 Å². The maximum atomic E-state index is 12.0. The summed E-state index contributed by atoms with van der Waals surface area (Å²) in [7, 11) is 0. The summed E-state index contributed by atoms with van der Waals surface area (Å²) >= 11 is 0. The van der Waals surface area contributed by atoms with Crippen LogP contribution in [0.2, 0.25) is 0 Å². The second-order valence-corrected chi connectivity index (χ2v) is 20.3. The summed E-state index contributed by atoms with van der Waals surface area (Å²) in [4.78, 5) is 10.6. The monoisotopic (exact) mass is 883 g/mol. The molecule has 334 valence electrons. The maximum absolute atomic E-state index is 12.0. The highest BCUT2D eigenvalue weighted by Gasteiger charge is 2.25. The number of imidazole rings is 1. The number of hydrogen-bond donors (Lipinski definition) is 1. The number of phenols is 1. The molecule has 0 saturated carbocycles. The standard InChI is InChI=1S/C64H57N3O/c1-41-34-42(2)61(68)56(35-41)62-66-60-55(20-15-21-58(60)67(62)59-40-53(64(6,7)8)30-31-54(59)47-26-28-52(29-27-47)63(3,4)5)50-36-49(44-18-13-10-14-19-44)37-51(38-50)57-39-48(32-33-65-57)46-24-22-45(23-25-46)43-16-11-9-12-17-43/h9-40,68H,1-8H3. The van der Waals surface area contributed by atoms with Crippen molar-refractivity contribution in [1.29, 1.82) is 0 Å². The Labute approximate surface area is 401 Å². The molecule has 2 heterocycles. The fourth-order valence-corrected chi connectivity index (χ4v) is 9.45. The van der Waals surface area contributed by atoms with Gasteiger partial charge in [-0.1, -0.05) is 181 Å². The van der Waals surface area contributed by atoms with E-state index in [2.05, 4.69) is 229 Å². The molecule has 0 aliphatic heterocycles. The van der Waals surface area contributed by atoms with Crippen LogP contribution in [-0.4, -0.2) is 19.6 Å². The van der Waals surface area contributed by atoms with Crippen LogP contribution in [0.3, 0.4) is 0 Å². The third kappa shape index (κ3) is 8.55. The van der Waals surface area contributed by atoms with E-state index in [0.717, 1.165) is 83.6 Å². The van der Waals surface area contributed by atoms with Gasteiger partial charge < -0.3 is 5.11 Å². The van der Waals surface area contributed by atoms with Crippen molar-refractivity contribution in [3.05, 3.63) is 217 Å². The van der Waals surface area contributed by atoms with Gasteiger partial charge in [0.25, 0.3) is 0 Å². The molecule has 8 aromatic carbocycles. The van der Waals surface area contributed by atoms with Crippen molar-refractivity contribution in [2.75, 3.05) is 0 Å². The number of hydrogen-bond acceptors (Lipinski definition) is 3. The molecule has 0 aliphatic rings. The molecule has 10 rings (SSSR count).